The number of carbonyl (C=O) groups excluding carboxylic acids is 3. The molecule has 34 heavy (non-hydrogen) atoms. The molecule has 10 nitrogen and oxygen atoms in total. The largest absolute Gasteiger partial charge is 0.463 e. The minimum absolute atomic E-state index is 0.0110. The van der Waals surface area contributed by atoms with Crippen LogP contribution in [0, 0.1) is 5.92 Å². The molecule has 0 spiro atoms. The van der Waals surface area contributed by atoms with Crippen molar-refractivity contribution < 1.29 is 23.5 Å². The number of imide groups is 1. The predicted octanol–water partition coefficient (Wildman–Crippen LogP) is 3.83. The van der Waals surface area contributed by atoms with Crippen LogP contribution in [0.15, 0.2) is 35.1 Å². The van der Waals surface area contributed by atoms with E-state index in [0.29, 0.717) is 28.4 Å². The van der Waals surface area contributed by atoms with Gasteiger partial charge in [-0.25, -0.2) is 19.3 Å². The standard InChI is InChI=1S/C24H29N5O5/c1-14(2)29-22-17(12-25-29)16(11-19(26-22)20-9-6-10-33-20)23(31)34-13-21(30)28-24(32)27-18-8-5-4-7-15(18)3/h6,9-12,14-15,18H,4-5,7-8,13H2,1-3H3,(H2,27,28,30,32). The van der Waals surface area contributed by atoms with Gasteiger partial charge >= 0.3 is 12.0 Å². The predicted molar refractivity (Wildman–Crippen MR) is 124 cm³/mol. The van der Waals surface area contributed by atoms with Gasteiger partial charge in [-0.15, -0.1) is 0 Å². The summed E-state index contributed by atoms with van der Waals surface area (Å²) in [6.45, 7) is 5.40. The van der Waals surface area contributed by atoms with Crippen LogP contribution >= 0.6 is 0 Å². The molecule has 10 heteroatoms. The summed E-state index contributed by atoms with van der Waals surface area (Å²) in [5.74, 6) is -0.584. The van der Waals surface area contributed by atoms with E-state index in [9.17, 15) is 14.4 Å². The fraction of sp³-hybridized carbons (Fsp3) is 0.458. The van der Waals surface area contributed by atoms with E-state index in [1.165, 1.54) is 6.26 Å². The zero-order valence-corrected chi connectivity index (χ0v) is 19.5. The van der Waals surface area contributed by atoms with Crippen molar-refractivity contribution in [2.45, 2.75) is 58.5 Å². The molecule has 3 aromatic heterocycles. The molecule has 1 saturated carbocycles. The second kappa shape index (κ2) is 10.1. The molecule has 0 aromatic carbocycles. The number of pyridine rings is 1. The number of aromatic nitrogens is 3. The van der Waals surface area contributed by atoms with Crippen molar-refractivity contribution in [3.05, 3.63) is 36.2 Å². The molecule has 0 aliphatic heterocycles. The quantitative estimate of drug-likeness (QED) is 0.527. The lowest BCUT2D eigenvalue weighted by atomic mass is 9.86. The molecule has 2 unspecified atom stereocenters. The molecule has 0 radical (unpaired) electrons. The SMILES string of the molecule is CC1CCCCC1NC(=O)NC(=O)COC(=O)c1cc(-c2ccco2)nc2c1cnn2C(C)C. The van der Waals surface area contributed by atoms with Gasteiger partial charge in [0.25, 0.3) is 5.91 Å². The van der Waals surface area contributed by atoms with E-state index < -0.39 is 24.5 Å². The number of fused-ring (bicyclic) bond motifs is 1. The zero-order chi connectivity index (χ0) is 24.2. The molecule has 3 heterocycles. The summed E-state index contributed by atoms with van der Waals surface area (Å²) in [6, 6.07) is 4.47. The summed E-state index contributed by atoms with van der Waals surface area (Å²) in [4.78, 5) is 41.9. The van der Waals surface area contributed by atoms with Crippen LogP contribution < -0.4 is 10.6 Å². The highest BCUT2D eigenvalue weighted by molar-refractivity contribution is 6.04. The second-order valence-corrected chi connectivity index (χ2v) is 8.92. The Morgan fingerprint density at radius 3 is 2.76 bits per heavy atom. The Labute approximate surface area is 197 Å². The third-order valence-electron chi connectivity index (χ3n) is 6.06. The van der Waals surface area contributed by atoms with Crippen molar-refractivity contribution in [3.8, 4) is 11.5 Å². The number of esters is 1. The molecule has 3 aromatic rings. The van der Waals surface area contributed by atoms with Crippen LogP contribution in [0.4, 0.5) is 4.79 Å². The number of hydrogen-bond acceptors (Lipinski definition) is 7. The van der Waals surface area contributed by atoms with Gasteiger partial charge < -0.3 is 14.5 Å². The van der Waals surface area contributed by atoms with E-state index in [0.717, 1.165) is 25.7 Å². The maximum atomic E-state index is 12.9. The number of furan rings is 1. The summed E-state index contributed by atoms with van der Waals surface area (Å²) in [5, 5.41) is 9.91. The molecule has 1 aliphatic rings. The Kier molecular flexibility index (Phi) is 6.95. The monoisotopic (exact) mass is 467 g/mol. The van der Waals surface area contributed by atoms with Gasteiger partial charge in [0.05, 0.1) is 23.4 Å². The maximum absolute atomic E-state index is 12.9. The first kappa shape index (κ1) is 23.5. The fourth-order valence-electron chi connectivity index (χ4n) is 4.22. The van der Waals surface area contributed by atoms with Crippen molar-refractivity contribution in [1.29, 1.82) is 0 Å². The van der Waals surface area contributed by atoms with E-state index in [-0.39, 0.29) is 17.6 Å². The van der Waals surface area contributed by atoms with Gasteiger partial charge in [-0.1, -0.05) is 19.8 Å². The van der Waals surface area contributed by atoms with Crippen molar-refractivity contribution in [1.82, 2.24) is 25.4 Å². The Bertz CT molecular complexity index is 1180. The number of urea groups is 1. The number of ether oxygens (including phenoxy) is 1. The lowest BCUT2D eigenvalue weighted by Crippen LogP contribution is -2.48. The van der Waals surface area contributed by atoms with Gasteiger partial charge in [-0.2, -0.15) is 5.10 Å². The number of carbonyl (C=O) groups is 3. The second-order valence-electron chi connectivity index (χ2n) is 8.92. The highest BCUT2D eigenvalue weighted by Gasteiger charge is 2.24. The molecule has 1 aliphatic carbocycles. The molecule has 3 amide bonds. The normalized spacial score (nSPS) is 18.1. The number of rotatable bonds is 6. The summed E-state index contributed by atoms with van der Waals surface area (Å²) < 4.78 is 12.4. The molecule has 0 saturated heterocycles. The van der Waals surface area contributed by atoms with E-state index in [4.69, 9.17) is 9.15 Å². The van der Waals surface area contributed by atoms with Gasteiger partial charge in [-0.05, 0) is 50.8 Å². The molecule has 2 N–H and O–H groups in total. The first-order valence-electron chi connectivity index (χ1n) is 11.5. The molecular weight excluding hydrogens is 438 g/mol. The maximum Gasteiger partial charge on any atom is 0.339 e. The minimum atomic E-state index is -0.722. The fourth-order valence-corrected chi connectivity index (χ4v) is 4.22. The van der Waals surface area contributed by atoms with Gasteiger partial charge in [0.1, 0.15) is 5.69 Å². The van der Waals surface area contributed by atoms with E-state index in [1.54, 1.807) is 29.1 Å². The van der Waals surface area contributed by atoms with Gasteiger partial charge in [0.15, 0.2) is 18.0 Å². The van der Waals surface area contributed by atoms with Gasteiger partial charge in [0.2, 0.25) is 0 Å². The molecular formula is C24H29N5O5. The van der Waals surface area contributed by atoms with E-state index >= 15 is 0 Å². The molecule has 1 fully saturated rings. The number of nitrogens with zero attached hydrogens (tertiary/aromatic N) is 3. The Morgan fingerprint density at radius 2 is 2.06 bits per heavy atom. The number of amides is 3. The highest BCUT2D eigenvalue weighted by Crippen LogP contribution is 2.27. The van der Waals surface area contributed by atoms with E-state index in [2.05, 4.69) is 27.6 Å². The average Bonchev–Trinajstić information content (AvgIpc) is 3.48. The Morgan fingerprint density at radius 1 is 1.26 bits per heavy atom. The first-order valence-corrected chi connectivity index (χ1v) is 11.5. The minimum Gasteiger partial charge on any atom is -0.463 e. The van der Waals surface area contributed by atoms with Crippen LogP contribution in [0.25, 0.3) is 22.5 Å². The molecule has 4 rings (SSSR count). The third-order valence-corrected chi connectivity index (χ3v) is 6.06. The van der Waals surface area contributed by atoms with Gasteiger partial charge in [0, 0.05) is 12.1 Å². The molecule has 180 valence electrons. The first-order chi connectivity index (χ1) is 16.3. The van der Waals surface area contributed by atoms with E-state index in [1.807, 2.05) is 13.8 Å². The zero-order valence-electron chi connectivity index (χ0n) is 19.5. The summed E-state index contributed by atoms with van der Waals surface area (Å²) in [5.41, 5.74) is 1.15. The van der Waals surface area contributed by atoms with Crippen molar-refractivity contribution in [2.75, 3.05) is 6.61 Å². The molecule has 2 atom stereocenters. The third kappa shape index (κ3) is 5.11. The lowest BCUT2D eigenvalue weighted by molar-refractivity contribution is -0.123. The van der Waals surface area contributed by atoms with Crippen LogP contribution in [0.1, 0.15) is 62.9 Å². The van der Waals surface area contributed by atoms with Crippen LogP contribution in [-0.4, -0.2) is 45.3 Å². The van der Waals surface area contributed by atoms with Crippen molar-refractivity contribution in [3.63, 3.8) is 0 Å². The molecule has 0 bridgehead atoms. The number of nitrogens with one attached hydrogen (secondary N) is 2. The highest BCUT2D eigenvalue weighted by atomic mass is 16.5. The Balaban J connectivity index is 1.45. The lowest BCUT2D eigenvalue weighted by Gasteiger charge is -2.29. The topological polar surface area (TPSA) is 128 Å². The average molecular weight is 468 g/mol. The summed E-state index contributed by atoms with van der Waals surface area (Å²) in [7, 11) is 0. The van der Waals surface area contributed by atoms with Crippen LogP contribution in [0.5, 0.6) is 0 Å². The van der Waals surface area contributed by atoms with Crippen molar-refractivity contribution >= 4 is 28.9 Å². The van der Waals surface area contributed by atoms with Crippen LogP contribution in [0.2, 0.25) is 0 Å². The smallest absolute Gasteiger partial charge is 0.339 e. The van der Waals surface area contributed by atoms with Crippen molar-refractivity contribution in [2.24, 2.45) is 5.92 Å². The summed E-state index contributed by atoms with van der Waals surface area (Å²) in [6.07, 6.45) is 7.19. The summed E-state index contributed by atoms with van der Waals surface area (Å²) >= 11 is 0. The van der Waals surface area contributed by atoms with Crippen LogP contribution in [-0.2, 0) is 9.53 Å². The van der Waals surface area contributed by atoms with Crippen LogP contribution in [0.3, 0.4) is 0 Å². The Hall–Kier alpha value is -3.69. The number of hydrogen-bond donors (Lipinski definition) is 2. The van der Waals surface area contributed by atoms with Gasteiger partial charge in [-0.3, -0.25) is 10.1 Å².